The zero-order valence-electron chi connectivity index (χ0n) is 12.0. The van der Waals surface area contributed by atoms with Crippen LogP contribution in [0.25, 0.3) is 16.3 Å². The molecule has 0 spiro atoms. The molecule has 0 aliphatic heterocycles. The van der Waals surface area contributed by atoms with E-state index in [0.717, 1.165) is 16.3 Å². The minimum Gasteiger partial charge on any atom is -0.461 e. The van der Waals surface area contributed by atoms with E-state index in [-0.39, 0.29) is 5.97 Å². The first kappa shape index (κ1) is 17.1. The Labute approximate surface area is 133 Å². The molecule has 0 bridgehead atoms. The molecule has 0 aliphatic rings. The smallest absolute Gasteiger partial charge is 0.404 e. The lowest BCUT2D eigenvalue weighted by atomic mass is 10.1. The molecular weight excluding hydrogens is 326 g/mol. The highest BCUT2D eigenvalue weighted by molar-refractivity contribution is 6.02. The third-order valence-electron chi connectivity index (χ3n) is 3.03. The van der Waals surface area contributed by atoms with Crippen LogP contribution in [0.3, 0.4) is 0 Å². The summed E-state index contributed by atoms with van der Waals surface area (Å²) in [4.78, 5) is 12.0. The summed E-state index contributed by atoms with van der Waals surface area (Å²) in [6.45, 7) is 0. The summed E-state index contributed by atoms with van der Waals surface area (Å²) in [6.07, 6.45) is 1.87. The third kappa shape index (κ3) is 4.35. The summed E-state index contributed by atoms with van der Waals surface area (Å²) < 4.78 is 40.7. The van der Waals surface area contributed by atoms with E-state index < -0.39 is 10.2 Å². The van der Waals surface area contributed by atoms with Gasteiger partial charge in [-0.3, -0.25) is 0 Å². The van der Waals surface area contributed by atoms with Gasteiger partial charge in [0.1, 0.15) is 0 Å². The molecule has 0 amide bonds. The normalized spacial score (nSPS) is 11.0. The number of fused-ring (bicyclic) bond motifs is 2. The molecule has 120 valence electrons. The quantitative estimate of drug-likeness (QED) is 0.277. The Morgan fingerprint density at radius 2 is 1.65 bits per heavy atom. The summed E-state index contributed by atoms with van der Waals surface area (Å²) in [5.41, 5.74) is 1.53. The van der Waals surface area contributed by atoms with Crippen molar-refractivity contribution >= 4 is 22.3 Å². The second kappa shape index (κ2) is 6.86. The zero-order valence-corrected chi connectivity index (χ0v) is 12.7. The molecule has 2 heterocycles. The minimum atomic E-state index is -4.94. The van der Waals surface area contributed by atoms with E-state index in [0.29, 0.717) is 5.69 Å². The molecule has 3 aromatic rings. The van der Waals surface area contributed by atoms with Crippen LogP contribution < -0.4 is 23.0 Å². The van der Waals surface area contributed by atoms with E-state index in [4.69, 9.17) is 23.4 Å². The lowest BCUT2D eigenvalue weighted by Crippen LogP contribution is -2.68. The fourth-order valence-corrected chi connectivity index (χ4v) is 2.21. The summed E-state index contributed by atoms with van der Waals surface area (Å²) in [5.74, 6) is -0.326. The number of halogens is 1. The molecule has 0 atom stereocenters. The van der Waals surface area contributed by atoms with Crippen LogP contribution in [-0.4, -0.2) is 13.1 Å². The first-order valence-electron chi connectivity index (χ1n) is 6.33. The van der Waals surface area contributed by atoms with E-state index in [1.54, 1.807) is 0 Å². The van der Waals surface area contributed by atoms with Gasteiger partial charge in [-0.15, -0.1) is 10.2 Å². The predicted octanol–water partition coefficient (Wildman–Crippen LogP) is -2.39. The Kier molecular flexibility index (Phi) is 5.09. The zero-order chi connectivity index (χ0) is 17.0. The third-order valence-corrected chi connectivity index (χ3v) is 3.03. The van der Waals surface area contributed by atoms with Crippen molar-refractivity contribution in [3.8, 4) is 0 Å². The lowest BCUT2D eigenvalue weighted by molar-refractivity contribution is -2.00. The Bertz CT molecular complexity index is 786. The van der Waals surface area contributed by atoms with Gasteiger partial charge in [0.25, 0.3) is 0 Å². The standard InChI is InChI=1S/C15H12NO2.ClHO4/c1-18-15(17)14-13-8-3-2-6-11(13)10-12-7-4-5-9-16(12)14;2-1(3,4)5/h2-10H,1H3;(H,2,3,4,5)/q+1;/p-1. The number of aromatic nitrogens is 1. The molecule has 1 aromatic carbocycles. The van der Waals surface area contributed by atoms with Gasteiger partial charge in [0.15, 0.2) is 6.20 Å². The average molecular weight is 338 g/mol. The van der Waals surface area contributed by atoms with Gasteiger partial charge in [-0.05, 0) is 17.5 Å². The topological polar surface area (TPSA) is 123 Å². The van der Waals surface area contributed by atoms with Crippen molar-refractivity contribution in [1.29, 1.82) is 0 Å². The maximum atomic E-state index is 12.0. The van der Waals surface area contributed by atoms with E-state index >= 15 is 0 Å². The maximum Gasteiger partial charge on any atom is 0.404 e. The highest BCUT2D eigenvalue weighted by Gasteiger charge is 2.23. The number of hydrogen-bond donors (Lipinski definition) is 0. The van der Waals surface area contributed by atoms with Crippen molar-refractivity contribution in [2.45, 2.75) is 0 Å². The molecule has 0 saturated heterocycles. The molecule has 0 radical (unpaired) electrons. The Morgan fingerprint density at radius 1 is 1.04 bits per heavy atom. The molecule has 3 rings (SSSR count). The summed E-state index contributed by atoms with van der Waals surface area (Å²) in [7, 11) is -3.54. The van der Waals surface area contributed by atoms with Crippen molar-refractivity contribution in [3.05, 3.63) is 60.4 Å². The van der Waals surface area contributed by atoms with Gasteiger partial charge < -0.3 is 4.74 Å². The molecule has 0 N–H and O–H groups in total. The van der Waals surface area contributed by atoms with Crippen molar-refractivity contribution in [3.63, 3.8) is 0 Å². The SMILES string of the molecule is COC(=O)c1c2ccccc2cc2cccc[n+]12.[O-][Cl+3]([O-])([O-])[O-]. The first-order valence-corrected chi connectivity index (χ1v) is 7.57. The Hall–Kier alpha value is -2.29. The molecule has 2 aromatic heterocycles. The van der Waals surface area contributed by atoms with Crippen molar-refractivity contribution in [2.75, 3.05) is 7.11 Å². The van der Waals surface area contributed by atoms with Crippen molar-refractivity contribution < 1.29 is 42.8 Å². The fourth-order valence-electron chi connectivity index (χ4n) is 2.21. The second-order valence-electron chi connectivity index (χ2n) is 4.45. The summed E-state index contributed by atoms with van der Waals surface area (Å²) in [6, 6.07) is 15.7. The summed E-state index contributed by atoms with van der Waals surface area (Å²) in [5, 5.41) is 1.93. The number of carbonyl (C=O) groups excluding carboxylic acids is 1. The molecule has 23 heavy (non-hydrogen) atoms. The van der Waals surface area contributed by atoms with Crippen LogP contribution in [0.2, 0.25) is 0 Å². The largest absolute Gasteiger partial charge is 0.461 e. The van der Waals surface area contributed by atoms with Crippen LogP contribution >= 0.6 is 0 Å². The number of rotatable bonds is 1. The van der Waals surface area contributed by atoms with Gasteiger partial charge in [-0.1, -0.05) is 18.2 Å². The fraction of sp³-hybridized carbons (Fsp3) is 0.0667. The number of nitrogens with zero attached hydrogens (tertiary/aromatic N) is 1. The van der Waals surface area contributed by atoms with Gasteiger partial charge in [0.2, 0.25) is 5.52 Å². The van der Waals surface area contributed by atoms with Crippen molar-refractivity contribution in [2.24, 2.45) is 0 Å². The number of methoxy groups -OCH3 is 1. The highest BCUT2D eigenvalue weighted by Crippen LogP contribution is 2.18. The van der Waals surface area contributed by atoms with Crippen LogP contribution in [-0.2, 0) is 4.74 Å². The lowest BCUT2D eigenvalue weighted by Gasteiger charge is -2.17. The number of benzene rings is 1. The first-order chi connectivity index (χ1) is 10.8. The number of hydrogen-bond acceptors (Lipinski definition) is 6. The van der Waals surface area contributed by atoms with E-state index in [9.17, 15) is 4.79 Å². The Morgan fingerprint density at radius 3 is 2.30 bits per heavy atom. The molecular formula is C15H12ClNO6. The van der Waals surface area contributed by atoms with Gasteiger partial charge >= 0.3 is 11.7 Å². The van der Waals surface area contributed by atoms with Gasteiger partial charge in [0, 0.05) is 18.2 Å². The van der Waals surface area contributed by atoms with Crippen molar-refractivity contribution in [1.82, 2.24) is 0 Å². The van der Waals surface area contributed by atoms with Gasteiger partial charge in [-0.25, -0.2) is 23.4 Å². The minimum absolute atomic E-state index is 0.326. The van der Waals surface area contributed by atoms with Crippen LogP contribution in [0, 0.1) is 10.2 Å². The summed E-state index contributed by atoms with van der Waals surface area (Å²) >= 11 is 0. The van der Waals surface area contributed by atoms with E-state index in [1.807, 2.05) is 53.1 Å². The molecule has 8 heteroatoms. The molecule has 0 aliphatic carbocycles. The average Bonchev–Trinajstić information content (AvgIpc) is 2.50. The molecule has 0 unspecified atom stereocenters. The van der Waals surface area contributed by atoms with Crippen LogP contribution in [0.4, 0.5) is 0 Å². The number of carbonyl (C=O) groups is 1. The van der Waals surface area contributed by atoms with Crippen LogP contribution in [0.15, 0.2) is 54.7 Å². The van der Waals surface area contributed by atoms with E-state index in [2.05, 4.69) is 6.07 Å². The molecule has 0 fully saturated rings. The highest BCUT2D eigenvalue weighted by atomic mass is 35.7. The molecule has 7 nitrogen and oxygen atoms in total. The maximum absolute atomic E-state index is 12.0. The number of pyridine rings is 2. The predicted molar refractivity (Wildman–Crippen MR) is 68.4 cm³/mol. The number of ether oxygens (including phenoxy) is 1. The van der Waals surface area contributed by atoms with Gasteiger partial charge in [0.05, 0.1) is 12.5 Å². The monoisotopic (exact) mass is 337 g/mol. The Balaban J connectivity index is 0.000000338. The van der Waals surface area contributed by atoms with E-state index in [1.165, 1.54) is 7.11 Å². The number of esters is 1. The molecule has 0 saturated carbocycles. The van der Waals surface area contributed by atoms with Gasteiger partial charge in [-0.2, -0.15) is 4.40 Å². The van der Waals surface area contributed by atoms with Crippen LogP contribution in [0.1, 0.15) is 10.5 Å². The van der Waals surface area contributed by atoms with Crippen LogP contribution in [0.5, 0.6) is 0 Å². The second-order valence-corrected chi connectivity index (χ2v) is 5.20.